The summed E-state index contributed by atoms with van der Waals surface area (Å²) in [6.07, 6.45) is 3.19. The Bertz CT molecular complexity index is 462. The molecule has 19 heavy (non-hydrogen) atoms. The van der Waals surface area contributed by atoms with E-state index in [2.05, 4.69) is 4.90 Å². The van der Waals surface area contributed by atoms with Gasteiger partial charge in [-0.25, -0.2) is 0 Å². The Kier molecular flexibility index (Phi) is 3.53. The van der Waals surface area contributed by atoms with Crippen LogP contribution in [-0.2, 0) is 22.5 Å². The van der Waals surface area contributed by atoms with Crippen LogP contribution in [0.4, 0.5) is 0 Å². The van der Waals surface area contributed by atoms with Crippen LogP contribution in [0, 0.1) is 0 Å². The lowest BCUT2D eigenvalue weighted by Crippen LogP contribution is -2.42. The minimum absolute atomic E-state index is 0.105. The lowest BCUT2D eigenvalue weighted by atomic mass is 10.0. The fourth-order valence-corrected chi connectivity index (χ4v) is 3.12. The number of ether oxygens (including phenoxy) is 1. The van der Waals surface area contributed by atoms with Gasteiger partial charge in [0, 0.05) is 19.6 Å². The summed E-state index contributed by atoms with van der Waals surface area (Å²) in [5.74, 6) is -0.769. The molecule has 0 saturated carbocycles. The van der Waals surface area contributed by atoms with E-state index >= 15 is 0 Å². The Balaban J connectivity index is 1.70. The number of carboxylic acids is 1. The van der Waals surface area contributed by atoms with Gasteiger partial charge in [-0.05, 0) is 24.0 Å². The minimum Gasteiger partial charge on any atom is -0.481 e. The molecule has 0 aromatic heterocycles. The first kappa shape index (κ1) is 12.6. The Labute approximate surface area is 113 Å². The van der Waals surface area contributed by atoms with E-state index in [9.17, 15) is 4.79 Å². The van der Waals surface area contributed by atoms with E-state index in [1.807, 2.05) is 24.3 Å². The highest BCUT2D eigenvalue weighted by Gasteiger charge is 2.33. The average Bonchev–Trinajstić information content (AvgIpc) is 2.71. The van der Waals surface area contributed by atoms with E-state index in [4.69, 9.17) is 9.84 Å². The van der Waals surface area contributed by atoms with Crippen LogP contribution in [0.1, 0.15) is 24.0 Å². The van der Waals surface area contributed by atoms with Crippen LogP contribution in [0.15, 0.2) is 24.3 Å². The maximum atomic E-state index is 10.9. The number of rotatable bonds is 4. The zero-order valence-corrected chi connectivity index (χ0v) is 10.9. The number of benzene rings is 1. The molecule has 2 heterocycles. The summed E-state index contributed by atoms with van der Waals surface area (Å²) >= 11 is 0. The molecule has 4 heteroatoms. The predicted molar refractivity (Wildman–Crippen MR) is 71.0 cm³/mol. The van der Waals surface area contributed by atoms with E-state index in [1.54, 1.807) is 0 Å². The molecule has 0 amide bonds. The van der Waals surface area contributed by atoms with Crippen molar-refractivity contribution in [3.63, 3.8) is 0 Å². The number of likely N-dealkylation sites (tertiary alicyclic amines) is 1. The Morgan fingerprint density at radius 3 is 2.47 bits per heavy atom. The summed E-state index contributed by atoms with van der Waals surface area (Å²) in [4.78, 5) is 13.3. The summed E-state index contributed by atoms with van der Waals surface area (Å²) in [6.45, 7) is 2.77. The molecule has 1 N–H and O–H groups in total. The first-order valence-electron chi connectivity index (χ1n) is 6.87. The van der Waals surface area contributed by atoms with Gasteiger partial charge in [-0.3, -0.25) is 9.69 Å². The standard InChI is InChI=1S/C15H19NO3/c17-15(18)7-11-3-1-2-4-12(11)8-16-9-13-5-6-14(10-16)19-13/h1-4,13-14H,5-10H2,(H,17,18). The number of aliphatic carboxylic acids is 1. The van der Waals surface area contributed by atoms with Crippen LogP contribution in [0.25, 0.3) is 0 Å². The molecule has 1 aromatic carbocycles. The summed E-state index contributed by atoms with van der Waals surface area (Å²) < 4.78 is 5.82. The number of morpholine rings is 1. The summed E-state index contributed by atoms with van der Waals surface area (Å²) in [5, 5.41) is 8.96. The van der Waals surface area contributed by atoms with Gasteiger partial charge < -0.3 is 9.84 Å². The van der Waals surface area contributed by atoms with Gasteiger partial charge in [0.1, 0.15) is 0 Å². The van der Waals surface area contributed by atoms with Crippen molar-refractivity contribution < 1.29 is 14.6 Å². The van der Waals surface area contributed by atoms with Gasteiger partial charge >= 0.3 is 5.97 Å². The van der Waals surface area contributed by atoms with Gasteiger partial charge in [-0.2, -0.15) is 0 Å². The molecule has 0 aliphatic carbocycles. The van der Waals surface area contributed by atoms with Gasteiger partial charge in [0.2, 0.25) is 0 Å². The van der Waals surface area contributed by atoms with Gasteiger partial charge in [0.15, 0.2) is 0 Å². The van der Waals surface area contributed by atoms with Crippen molar-refractivity contribution in [2.45, 2.75) is 38.0 Å². The Hall–Kier alpha value is -1.39. The quantitative estimate of drug-likeness (QED) is 0.896. The van der Waals surface area contributed by atoms with Crippen molar-refractivity contribution >= 4 is 5.97 Å². The molecule has 2 fully saturated rings. The van der Waals surface area contributed by atoms with Crippen LogP contribution in [-0.4, -0.2) is 41.3 Å². The van der Waals surface area contributed by atoms with Crippen molar-refractivity contribution in [2.24, 2.45) is 0 Å². The second-order valence-corrected chi connectivity index (χ2v) is 5.49. The molecule has 2 bridgehead atoms. The molecule has 4 nitrogen and oxygen atoms in total. The first-order chi connectivity index (χ1) is 9.20. The second kappa shape index (κ2) is 5.31. The minimum atomic E-state index is -0.769. The van der Waals surface area contributed by atoms with Crippen LogP contribution >= 0.6 is 0 Å². The largest absolute Gasteiger partial charge is 0.481 e. The number of nitrogens with zero attached hydrogens (tertiary/aromatic N) is 1. The topological polar surface area (TPSA) is 49.8 Å². The number of hydrogen-bond acceptors (Lipinski definition) is 3. The number of carboxylic acid groups (broad SMARTS) is 1. The molecule has 0 radical (unpaired) electrons. The maximum Gasteiger partial charge on any atom is 0.307 e. The molecule has 3 rings (SSSR count). The highest BCUT2D eigenvalue weighted by Crippen LogP contribution is 2.27. The zero-order valence-electron chi connectivity index (χ0n) is 10.9. The molecule has 2 saturated heterocycles. The Morgan fingerprint density at radius 2 is 1.84 bits per heavy atom. The third kappa shape index (κ3) is 2.96. The molecule has 2 unspecified atom stereocenters. The van der Waals surface area contributed by atoms with Gasteiger partial charge in [0.05, 0.1) is 18.6 Å². The fraction of sp³-hybridized carbons (Fsp3) is 0.533. The van der Waals surface area contributed by atoms with Crippen molar-refractivity contribution in [1.29, 1.82) is 0 Å². The van der Waals surface area contributed by atoms with Crippen LogP contribution in [0.2, 0.25) is 0 Å². The van der Waals surface area contributed by atoms with Crippen molar-refractivity contribution in [2.75, 3.05) is 13.1 Å². The number of hydrogen-bond donors (Lipinski definition) is 1. The monoisotopic (exact) mass is 261 g/mol. The van der Waals surface area contributed by atoms with Crippen LogP contribution in [0.3, 0.4) is 0 Å². The lowest BCUT2D eigenvalue weighted by Gasteiger charge is -2.32. The average molecular weight is 261 g/mol. The third-order valence-electron chi connectivity index (χ3n) is 3.97. The predicted octanol–water partition coefficient (Wildman–Crippen LogP) is 1.68. The van der Waals surface area contributed by atoms with E-state index in [0.717, 1.165) is 43.6 Å². The molecular weight excluding hydrogens is 242 g/mol. The van der Waals surface area contributed by atoms with Crippen LogP contribution < -0.4 is 0 Å². The fourth-order valence-electron chi connectivity index (χ4n) is 3.12. The first-order valence-corrected chi connectivity index (χ1v) is 6.87. The smallest absolute Gasteiger partial charge is 0.307 e. The molecular formula is C15H19NO3. The van der Waals surface area contributed by atoms with E-state index < -0.39 is 5.97 Å². The van der Waals surface area contributed by atoms with Crippen LogP contribution in [0.5, 0.6) is 0 Å². The van der Waals surface area contributed by atoms with Crippen molar-refractivity contribution in [3.8, 4) is 0 Å². The molecule has 2 aliphatic rings. The van der Waals surface area contributed by atoms with Gasteiger partial charge in [0.25, 0.3) is 0 Å². The molecule has 2 aliphatic heterocycles. The summed E-state index contributed by atoms with van der Waals surface area (Å²) in [6, 6.07) is 7.84. The maximum absolute atomic E-state index is 10.9. The normalized spacial score (nSPS) is 26.5. The molecule has 1 aromatic rings. The highest BCUT2D eigenvalue weighted by atomic mass is 16.5. The van der Waals surface area contributed by atoms with Gasteiger partial charge in [-0.15, -0.1) is 0 Å². The molecule has 102 valence electrons. The third-order valence-corrected chi connectivity index (χ3v) is 3.97. The van der Waals surface area contributed by atoms with Crippen molar-refractivity contribution in [1.82, 2.24) is 4.90 Å². The molecule has 2 atom stereocenters. The summed E-state index contributed by atoms with van der Waals surface area (Å²) in [7, 11) is 0. The van der Waals surface area contributed by atoms with E-state index in [0.29, 0.717) is 12.2 Å². The second-order valence-electron chi connectivity index (χ2n) is 5.49. The summed E-state index contributed by atoms with van der Waals surface area (Å²) in [5.41, 5.74) is 2.06. The Morgan fingerprint density at radius 1 is 1.21 bits per heavy atom. The van der Waals surface area contributed by atoms with E-state index in [-0.39, 0.29) is 6.42 Å². The number of fused-ring (bicyclic) bond motifs is 2. The molecule has 0 spiro atoms. The lowest BCUT2D eigenvalue weighted by molar-refractivity contribution is -0.136. The highest BCUT2D eigenvalue weighted by molar-refractivity contribution is 5.70. The number of carbonyl (C=O) groups is 1. The van der Waals surface area contributed by atoms with Gasteiger partial charge in [-0.1, -0.05) is 24.3 Å². The van der Waals surface area contributed by atoms with Crippen molar-refractivity contribution in [3.05, 3.63) is 35.4 Å². The van der Waals surface area contributed by atoms with E-state index in [1.165, 1.54) is 0 Å². The zero-order chi connectivity index (χ0) is 13.2. The SMILES string of the molecule is O=C(O)Cc1ccccc1CN1CC2CCC(C1)O2.